The Morgan fingerprint density at radius 2 is 1.80 bits per heavy atom. The van der Waals surface area contributed by atoms with Gasteiger partial charge in [-0.25, -0.2) is 9.18 Å². The molecule has 0 radical (unpaired) electrons. The monoisotopic (exact) mass is 369 g/mol. The van der Waals surface area contributed by atoms with Crippen molar-refractivity contribution >= 4 is 22.4 Å². The highest BCUT2D eigenvalue weighted by atomic mass is 32.3. The van der Waals surface area contributed by atoms with Crippen molar-refractivity contribution in [2.75, 3.05) is 24.8 Å². The van der Waals surface area contributed by atoms with Crippen molar-refractivity contribution in [3.8, 4) is 5.75 Å². The Morgan fingerprint density at radius 3 is 2.28 bits per heavy atom. The minimum absolute atomic E-state index is 0.0849. The molecular formula is C17H20FNO5S. The molecular weight excluding hydrogens is 349 g/mol. The van der Waals surface area contributed by atoms with Gasteiger partial charge in [0.15, 0.2) is 0 Å². The maximum absolute atomic E-state index is 14.3. The zero-order chi connectivity index (χ0) is 18.6. The van der Waals surface area contributed by atoms with Gasteiger partial charge in [0.2, 0.25) is 0 Å². The highest BCUT2D eigenvalue weighted by Crippen LogP contribution is 2.44. The molecule has 0 bridgehead atoms. The van der Waals surface area contributed by atoms with Crippen LogP contribution in [0.15, 0.2) is 42.5 Å². The molecule has 0 unspecified atom stereocenters. The van der Waals surface area contributed by atoms with Crippen LogP contribution in [0.3, 0.4) is 0 Å². The number of carbonyl (C=O) groups excluding carboxylic acids is 1. The van der Waals surface area contributed by atoms with Crippen LogP contribution in [0.5, 0.6) is 5.75 Å². The van der Waals surface area contributed by atoms with E-state index in [1.54, 1.807) is 24.3 Å². The van der Waals surface area contributed by atoms with Crippen molar-refractivity contribution in [1.82, 2.24) is 0 Å². The topological polar surface area (TPSA) is 79.2 Å². The predicted octanol–water partition coefficient (Wildman–Crippen LogP) is 3.92. The summed E-state index contributed by atoms with van der Waals surface area (Å²) >= 11 is 0. The molecule has 8 heteroatoms. The van der Waals surface area contributed by atoms with E-state index in [1.165, 1.54) is 36.9 Å². The van der Waals surface area contributed by atoms with E-state index in [1.807, 2.05) is 0 Å². The summed E-state index contributed by atoms with van der Waals surface area (Å²) in [6, 6.07) is 10.6. The predicted molar refractivity (Wildman–Crippen MR) is 95.7 cm³/mol. The summed E-state index contributed by atoms with van der Waals surface area (Å²) in [5, 5.41) is 0. The molecule has 2 N–H and O–H groups in total. The van der Waals surface area contributed by atoms with E-state index in [9.17, 15) is 18.3 Å². The summed E-state index contributed by atoms with van der Waals surface area (Å²) in [6.07, 6.45) is 1.26. The van der Waals surface area contributed by atoms with Gasteiger partial charge in [-0.2, -0.15) is 0 Å². The highest BCUT2D eigenvalue weighted by Gasteiger charge is 2.21. The Bertz CT molecular complexity index is 746. The van der Waals surface area contributed by atoms with Crippen molar-refractivity contribution in [1.29, 1.82) is 0 Å². The number of hydrogen-bond acceptors (Lipinski definition) is 6. The number of halogens is 1. The molecule has 0 amide bonds. The first-order chi connectivity index (χ1) is 11.8. The van der Waals surface area contributed by atoms with Crippen LogP contribution in [0.25, 0.3) is 0 Å². The lowest BCUT2D eigenvalue weighted by molar-refractivity contribution is 0.0600. The van der Waals surface area contributed by atoms with Gasteiger partial charge in [0.05, 0.1) is 32.0 Å². The van der Waals surface area contributed by atoms with E-state index in [4.69, 9.17) is 4.74 Å². The van der Waals surface area contributed by atoms with E-state index in [0.29, 0.717) is 11.4 Å². The minimum atomic E-state index is -3.15. The van der Waals surface area contributed by atoms with Crippen molar-refractivity contribution in [2.24, 2.45) is 0 Å². The Kier molecular flexibility index (Phi) is 5.89. The molecule has 0 aliphatic heterocycles. The van der Waals surface area contributed by atoms with Crippen LogP contribution in [0.4, 0.5) is 10.1 Å². The van der Waals surface area contributed by atoms with Crippen molar-refractivity contribution in [3.05, 3.63) is 59.4 Å². The Hall–Kier alpha value is -2.29. The standard InChI is InChI=1S/C17H20FNO5S/c1-23-15-8-6-14(7-9-15)19(25(3,21)22)11-13-5-4-12(10-16(13)18)17(20)24-2/h4-10,21-22H,11H2,1-3H3. The molecule has 25 heavy (non-hydrogen) atoms. The largest absolute Gasteiger partial charge is 0.497 e. The highest BCUT2D eigenvalue weighted by molar-refractivity contribution is 8.24. The van der Waals surface area contributed by atoms with Gasteiger partial charge in [-0.15, -0.1) is 10.8 Å². The number of ether oxygens (including phenoxy) is 2. The zero-order valence-corrected chi connectivity index (χ0v) is 14.9. The van der Waals surface area contributed by atoms with Crippen LogP contribution < -0.4 is 9.04 Å². The van der Waals surface area contributed by atoms with Crippen LogP contribution in [-0.4, -0.2) is 35.6 Å². The van der Waals surface area contributed by atoms with Crippen LogP contribution in [0.2, 0.25) is 0 Å². The molecule has 2 aromatic carbocycles. The molecule has 6 nitrogen and oxygen atoms in total. The number of nitrogens with zero attached hydrogens (tertiary/aromatic N) is 1. The summed E-state index contributed by atoms with van der Waals surface area (Å²) in [6.45, 7) is -0.0849. The molecule has 2 aromatic rings. The lowest BCUT2D eigenvalue weighted by atomic mass is 10.1. The summed E-state index contributed by atoms with van der Waals surface area (Å²) in [5.41, 5.74) is 0.799. The summed E-state index contributed by atoms with van der Waals surface area (Å²) in [4.78, 5) is 11.5. The first-order valence-corrected chi connectivity index (χ1v) is 9.19. The van der Waals surface area contributed by atoms with Gasteiger partial charge in [0.1, 0.15) is 11.6 Å². The normalized spacial score (nSPS) is 11.8. The fourth-order valence-corrected chi connectivity index (χ4v) is 3.14. The van der Waals surface area contributed by atoms with E-state index < -0.39 is 22.6 Å². The van der Waals surface area contributed by atoms with Gasteiger partial charge in [0, 0.05) is 11.8 Å². The van der Waals surface area contributed by atoms with Gasteiger partial charge in [-0.3, -0.25) is 13.4 Å². The first kappa shape index (κ1) is 19.0. The lowest BCUT2D eigenvalue weighted by Gasteiger charge is -2.41. The average molecular weight is 369 g/mol. The minimum Gasteiger partial charge on any atom is -0.497 e. The summed E-state index contributed by atoms with van der Waals surface area (Å²) in [7, 11) is -0.409. The molecule has 0 aliphatic rings. The number of benzene rings is 2. The molecule has 136 valence electrons. The van der Waals surface area contributed by atoms with E-state index in [2.05, 4.69) is 4.74 Å². The average Bonchev–Trinajstić information content (AvgIpc) is 2.59. The van der Waals surface area contributed by atoms with Crippen molar-refractivity contribution < 1.29 is 27.8 Å². The van der Waals surface area contributed by atoms with Crippen LogP contribution in [0.1, 0.15) is 15.9 Å². The molecule has 0 aromatic heterocycles. The number of carbonyl (C=O) groups is 1. The second-order valence-electron chi connectivity index (χ2n) is 5.33. The molecule has 0 spiro atoms. The van der Waals surface area contributed by atoms with E-state index in [-0.39, 0.29) is 17.7 Å². The van der Waals surface area contributed by atoms with E-state index in [0.717, 1.165) is 6.07 Å². The van der Waals surface area contributed by atoms with Gasteiger partial charge in [-0.05, 0) is 36.4 Å². The van der Waals surface area contributed by atoms with E-state index >= 15 is 0 Å². The molecule has 0 heterocycles. The van der Waals surface area contributed by atoms with Gasteiger partial charge < -0.3 is 9.47 Å². The number of methoxy groups -OCH3 is 2. The second-order valence-corrected chi connectivity index (χ2v) is 7.35. The molecule has 0 atom stereocenters. The maximum Gasteiger partial charge on any atom is 0.337 e. The zero-order valence-electron chi connectivity index (χ0n) is 14.1. The molecule has 0 saturated heterocycles. The number of esters is 1. The third kappa shape index (κ3) is 4.62. The Morgan fingerprint density at radius 1 is 1.16 bits per heavy atom. The number of hydrogen-bond donors (Lipinski definition) is 2. The molecule has 2 rings (SSSR count). The number of rotatable bonds is 6. The van der Waals surface area contributed by atoms with Crippen molar-refractivity contribution in [2.45, 2.75) is 6.54 Å². The molecule has 0 aliphatic carbocycles. The van der Waals surface area contributed by atoms with Crippen molar-refractivity contribution in [3.63, 3.8) is 0 Å². The lowest BCUT2D eigenvalue weighted by Crippen LogP contribution is -2.26. The summed E-state index contributed by atoms with van der Waals surface area (Å²) in [5.74, 6) is -0.660. The number of anilines is 1. The maximum atomic E-state index is 14.3. The van der Waals surface area contributed by atoms with Crippen LogP contribution >= 0.6 is 10.8 Å². The summed E-state index contributed by atoms with van der Waals surface area (Å²) < 4.78 is 45.5. The SMILES string of the molecule is COC(=O)c1ccc(CN(c2ccc(OC)cc2)S(C)(O)O)c(F)c1. The first-order valence-electron chi connectivity index (χ1n) is 7.28. The fourth-order valence-electron chi connectivity index (χ4n) is 2.24. The van der Waals surface area contributed by atoms with Gasteiger partial charge in [0.25, 0.3) is 0 Å². The van der Waals surface area contributed by atoms with Gasteiger partial charge in [-0.1, -0.05) is 6.07 Å². The Balaban J connectivity index is 2.33. The van der Waals surface area contributed by atoms with Gasteiger partial charge >= 0.3 is 5.97 Å². The third-order valence-electron chi connectivity index (χ3n) is 3.57. The smallest absolute Gasteiger partial charge is 0.337 e. The van der Waals surface area contributed by atoms with Crippen LogP contribution in [-0.2, 0) is 11.3 Å². The second kappa shape index (κ2) is 7.73. The quantitative estimate of drug-likeness (QED) is 0.752. The molecule has 0 fully saturated rings. The Labute approximate surface area is 147 Å². The third-order valence-corrected chi connectivity index (χ3v) is 4.74. The molecule has 0 saturated carbocycles. The fraction of sp³-hybridized carbons (Fsp3) is 0.235. The van der Waals surface area contributed by atoms with Crippen LogP contribution in [0, 0.1) is 5.82 Å².